The Hall–Kier alpha value is -1.35. The number of thiazole rings is 1. The summed E-state index contributed by atoms with van der Waals surface area (Å²) in [6, 6.07) is 3.68. The van der Waals surface area contributed by atoms with Crippen molar-refractivity contribution in [3.63, 3.8) is 0 Å². The highest BCUT2D eigenvalue weighted by Gasteiger charge is 2.13. The van der Waals surface area contributed by atoms with E-state index < -0.39 is 0 Å². The molecule has 9 heteroatoms. The van der Waals surface area contributed by atoms with Gasteiger partial charge in [0.25, 0.3) is 5.91 Å². The molecule has 0 spiro atoms. The van der Waals surface area contributed by atoms with Gasteiger partial charge in [0.1, 0.15) is 10.7 Å². The summed E-state index contributed by atoms with van der Waals surface area (Å²) in [5.74, 6) is 0.978. The number of aromatic nitrogens is 1. The molecule has 0 unspecified atom stereocenters. The predicted octanol–water partition coefficient (Wildman–Crippen LogP) is 2.73. The minimum absolute atomic E-state index is 0. The number of benzene rings is 1. The van der Waals surface area contributed by atoms with Crippen molar-refractivity contribution in [3.8, 4) is 11.5 Å². The quantitative estimate of drug-likeness (QED) is 0.747. The number of hydrogen-bond acceptors (Lipinski definition) is 6. The lowest BCUT2D eigenvalue weighted by molar-refractivity contribution is 0.0946. The average molecular weight is 423 g/mol. The Morgan fingerprint density at radius 1 is 1.39 bits per heavy atom. The second-order valence-corrected chi connectivity index (χ2v) is 6.12. The molecule has 6 nitrogen and oxygen atoms in total. The first-order valence-electron chi connectivity index (χ1n) is 6.42. The second kappa shape index (κ2) is 9.07. The Morgan fingerprint density at radius 3 is 2.70 bits per heavy atom. The number of nitrogens with zero attached hydrogens (tertiary/aromatic N) is 1. The fourth-order valence-corrected chi connectivity index (χ4v) is 3.16. The summed E-state index contributed by atoms with van der Waals surface area (Å²) in [6.45, 7) is 0.688. The molecule has 1 heterocycles. The van der Waals surface area contributed by atoms with Crippen LogP contribution in [0.1, 0.15) is 21.1 Å². The van der Waals surface area contributed by atoms with Crippen molar-refractivity contribution >= 4 is 45.6 Å². The van der Waals surface area contributed by atoms with E-state index in [1.165, 1.54) is 11.3 Å². The van der Waals surface area contributed by atoms with E-state index in [1.54, 1.807) is 19.6 Å². The van der Waals surface area contributed by atoms with Gasteiger partial charge >= 0.3 is 0 Å². The monoisotopic (exact) mass is 421 g/mol. The highest BCUT2D eigenvalue weighted by Crippen LogP contribution is 2.36. The number of amides is 1. The number of rotatable bonds is 6. The van der Waals surface area contributed by atoms with Crippen LogP contribution in [0.25, 0.3) is 0 Å². The van der Waals surface area contributed by atoms with Crippen molar-refractivity contribution in [1.29, 1.82) is 0 Å². The maximum Gasteiger partial charge on any atom is 0.271 e. The van der Waals surface area contributed by atoms with Crippen LogP contribution in [0.3, 0.4) is 0 Å². The number of halogens is 2. The number of carbonyl (C=O) groups excluding carboxylic acids is 1. The van der Waals surface area contributed by atoms with Gasteiger partial charge < -0.3 is 20.5 Å². The molecule has 0 aliphatic rings. The van der Waals surface area contributed by atoms with Crippen LogP contribution in [0.15, 0.2) is 22.0 Å². The number of hydrogen-bond donors (Lipinski definition) is 2. The zero-order chi connectivity index (χ0) is 16.1. The van der Waals surface area contributed by atoms with Crippen molar-refractivity contribution < 1.29 is 14.3 Å². The lowest BCUT2D eigenvalue weighted by Crippen LogP contribution is -2.23. The summed E-state index contributed by atoms with van der Waals surface area (Å²) in [7, 11) is 3.14. The Bertz CT molecular complexity index is 681. The van der Waals surface area contributed by atoms with E-state index in [2.05, 4.69) is 26.2 Å². The molecule has 23 heavy (non-hydrogen) atoms. The number of carbonyl (C=O) groups is 1. The molecule has 2 aromatic rings. The maximum absolute atomic E-state index is 12.0. The van der Waals surface area contributed by atoms with Crippen LogP contribution in [0.4, 0.5) is 0 Å². The zero-order valence-corrected chi connectivity index (χ0v) is 15.8. The summed E-state index contributed by atoms with van der Waals surface area (Å²) in [6.07, 6.45) is 0. The number of nitrogens with two attached hydrogens (primary N) is 1. The third kappa shape index (κ3) is 4.81. The zero-order valence-electron chi connectivity index (χ0n) is 12.6. The van der Waals surface area contributed by atoms with Crippen molar-refractivity contribution in [3.05, 3.63) is 38.3 Å². The van der Waals surface area contributed by atoms with Crippen LogP contribution in [-0.4, -0.2) is 25.1 Å². The fourth-order valence-electron chi connectivity index (χ4n) is 1.86. The molecule has 0 saturated carbocycles. The van der Waals surface area contributed by atoms with E-state index in [-0.39, 0.29) is 18.3 Å². The van der Waals surface area contributed by atoms with Crippen molar-refractivity contribution in [2.24, 2.45) is 5.73 Å². The van der Waals surface area contributed by atoms with Crippen LogP contribution >= 0.6 is 39.7 Å². The van der Waals surface area contributed by atoms with Crippen LogP contribution < -0.4 is 20.5 Å². The molecule has 3 N–H and O–H groups in total. The average Bonchev–Trinajstić information content (AvgIpc) is 3.01. The van der Waals surface area contributed by atoms with Crippen molar-refractivity contribution in [1.82, 2.24) is 10.3 Å². The highest BCUT2D eigenvalue weighted by atomic mass is 79.9. The van der Waals surface area contributed by atoms with Crippen LogP contribution in [0.2, 0.25) is 0 Å². The van der Waals surface area contributed by atoms with Gasteiger partial charge in [-0.15, -0.1) is 23.7 Å². The molecule has 0 saturated heterocycles. The Kier molecular flexibility index (Phi) is 7.77. The van der Waals surface area contributed by atoms with Crippen LogP contribution in [0.5, 0.6) is 11.5 Å². The van der Waals surface area contributed by atoms with E-state index >= 15 is 0 Å². The smallest absolute Gasteiger partial charge is 0.271 e. The van der Waals surface area contributed by atoms with E-state index in [9.17, 15) is 4.79 Å². The predicted molar refractivity (Wildman–Crippen MR) is 95.7 cm³/mol. The van der Waals surface area contributed by atoms with Gasteiger partial charge in [0.2, 0.25) is 0 Å². The molecular formula is C14H17BrClN3O3S. The molecule has 0 radical (unpaired) electrons. The van der Waals surface area contributed by atoms with Gasteiger partial charge in [-0.25, -0.2) is 4.98 Å². The molecule has 0 bridgehead atoms. The summed E-state index contributed by atoms with van der Waals surface area (Å²) < 4.78 is 11.3. The molecule has 0 aliphatic heterocycles. The summed E-state index contributed by atoms with van der Waals surface area (Å²) >= 11 is 4.79. The molecule has 0 fully saturated rings. The summed E-state index contributed by atoms with van der Waals surface area (Å²) in [4.78, 5) is 16.2. The first kappa shape index (κ1) is 19.7. The second-order valence-electron chi connectivity index (χ2n) is 4.33. The number of nitrogens with one attached hydrogen (secondary N) is 1. The maximum atomic E-state index is 12.0. The summed E-state index contributed by atoms with van der Waals surface area (Å²) in [5.41, 5.74) is 6.75. The highest BCUT2D eigenvalue weighted by molar-refractivity contribution is 9.10. The molecule has 1 amide bonds. The third-order valence-corrected chi connectivity index (χ3v) is 4.37. The summed E-state index contributed by atoms with van der Waals surface area (Å²) in [5, 5.41) is 5.25. The van der Waals surface area contributed by atoms with Crippen molar-refractivity contribution in [2.75, 3.05) is 14.2 Å². The molecule has 2 rings (SSSR count). The number of methoxy groups -OCH3 is 2. The lowest BCUT2D eigenvalue weighted by Gasteiger charge is -2.12. The Labute approximate surface area is 152 Å². The first-order chi connectivity index (χ1) is 10.6. The number of ether oxygens (including phenoxy) is 2. The van der Waals surface area contributed by atoms with E-state index in [4.69, 9.17) is 15.2 Å². The van der Waals surface area contributed by atoms with Crippen LogP contribution in [-0.2, 0) is 13.1 Å². The SMILES string of the molecule is COc1cc(CNC(=O)c2csc(CN)n2)cc(Br)c1OC.Cl. The Balaban J connectivity index is 0.00000264. The standard InChI is InChI=1S/C14H16BrN3O3S.ClH/c1-20-11-4-8(3-9(15)13(11)21-2)6-17-14(19)10-7-22-12(5-16)18-10;/h3-4,7H,5-6,16H2,1-2H3,(H,17,19);1H. The van der Waals surface area contributed by atoms with Gasteiger partial charge in [0.15, 0.2) is 11.5 Å². The lowest BCUT2D eigenvalue weighted by atomic mass is 10.2. The molecule has 126 valence electrons. The van der Waals surface area contributed by atoms with Gasteiger partial charge in [0.05, 0.1) is 18.7 Å². The first-order valence-corrected chi connectivity index (χ1v) is 8.09. The topological polar surface area (TPSA) is 86.5 Å². The van der Waals surface area contributed by atoms with E-state index in [0.29, 0.717) is 30.3 Å². The fraction of sp³-hybridized carbons (Fsp3) is 0.286. The van der Waals surface area contributed by atoms with Crippen molar-refractivity contribution in [2.45, 2.75) is 13.1 Å². The van der Waals surface area contributed by atoms with Gasteiger partial charge in [0, 0.05) is 18.5 Å². The van der Waals surface area contributed by atoms with Gasteiger partial charge in [-0.3, -0.25) is 4.79 Å². The van der Waals surface area contributed by atoms with E-state index in [1.807, 2.05) is 12.1 Å². The minimum atomic E-state index is -0.234. The minimum Gasteiger partial charge on any atom is -0.493 e. The van der Waals surface area contributed by atoms with Crippen LogP contribution in [0, 0.1) is 0 Å². The third-order valence-electron chi connectivity index (χ3n) is 2.91. The van der Waals surface area contributed by atoms with E-state index in [0.717, 1.165) is 15.0 Å². The van der Waals surface area contributed by atoms with Gasteiger partial charge in [-0.05, 0) is 33.6 Å². The molecular weight excluding hydrogens is 406 g/mol. The Morgan fingerprint density at radius 2 is 2.13 bits per heavy atom. The van der Waals surface area contributed by atoms with Gasteiger partial charge in [-0.2, -0.15) is 0 Å². The normalized spacial score (nSPS) is 9.91. The molecule has 0 aliphatic carbocycles. The largest absolute Gasteiger partial charge is 0.493 e. The molecule has 1 aromatic heterocycles. The van der Waals surface area contributed by atoms with Gasteiger partial charge in [-0.1, -0.05) is 0 Å². The molecule has 1 aromatic carbocycles. The molecule has 0 atom stereocenters.